The molecule has 1 heterocycles. The van der Waals surface area contributed by atoms with E-state index in [9.17, 15) is 4.79 Å². The summed E-state index contributed by atoms with van der Waals surface area (Å²) in [5, 5.41) is 3.30. The van der Waals surface area contributed by atoms with Gasteiger partial charge in [-0.15, -0.1) is 0 Å². The van der Waals surface area contributed by atoms with Gasteiger partial charge in [0.15, 0.2) is 0 Å². The second-order valence-corrected chi connectivity index (χ2v) is 4.45. The highest BCUT2D eigenvalue weighted by atomic mass is 16.5. The minimum atomic E-state index is -0.0788. The van der Waals surface area contributed by atoms with E-state index in [1.54, 1.807) is 0 Å². The number of hydrogen-bond acceptors (Lipinski definition) is 4. The first-order valence-electron chi connectivity index (χ1n) is 6.34. The van der Waals surface area contributed by atoms with Gasteiger partial charge >= 0.3 is 5.97 Å². The number of piperazine rings is 1. The number of carbonyl (C=O) groups is 1. The molecule has 0 aromatic rings. The van der Waals surface area contributed by atoms with Gasteiger partial charge in [-0.2, -0.15) is 0 Å². The van der Waals surface area contributed by atoms with Crippen LogP contribution in [-0.4, -0.2) is 49.7 Å². The quantitative estimate of drug-likeness (QED) is 0.544. The van der Waals surface area contributed by atoms with E-state index in [0.717, 1.165) is 38.9 Å². The zero-order valence-corrected chi connectivity index (χ0v) is 10.5. The number of nitrogens with one attached hydrogen (secondary N) is 1. The molecule has 0 aliphatic carbocycles. The molecule has 1 atom stereocenters. The Hall–Kier alpha value is -0.610. The van der Waals surface area contributed by atoms with E-state index in [-0.39, 0.29) is 5.97 Å². The van der Waals surface area contributed by atoms with Crippen LogP contribution in [0, 0.1) is 0 Å². The number of carbonyl (C=O) groups excluding carboxylic acids is 1. The van der Waals surface area contributed by atoms with Crippen molar-refractivity contribution in [1.82, 2.24) is 10.2 Å². The van der Waals surface area contributed by atoms with Crippen LogP contribution in [0.2, 0.25) is 0 Å². The molecule has 0 radical (unpaired) electrons. The van der Waals surface area contributed by atoms with Crippen molar-refractivity contribution in [2.75, 3.05) is 32.8 Å². The first-order valence-corrected chi connectivity index (χ1v) is 6.34. The van der Waals surface area contributed by atoms with E-state index < -0.39 is 0 Å². The summed E-state index contributed by atoms with van der Waals surface area (Å²) in [4.78, 5) is 13.7. The van der Waals surface area contributed by atoms with Gasteiger partial charge in [-0.3, -0.25) is 9.69 Å². The SMILES string of the molecule is CCCCCOC(=O)CN1CCNC[C@H]1C. The Kier molecular flexibility index (Phi) is 6.42. The van der Waals surface area contributed by atoms with Crippen molar-refractivity contribution in [2.24, 2.45) is 0 Å². The van der Waals surface area contributed by atoms with Gasteiger partial charge in [0.2, 0.25) is 0 Å². The van der Waals surface area contributed by atoms with Crippen LogP contribution in [0.1, 0.15) is 33.1 Å². The van der Waals surface area contributed by atoms with Gasteiger partial charge in [-0.25, -0.2) is 0 Å². The van der Waals surface area contributed by atoms with Crippen molar-refractivity contribution in [3.05, 3.63) is 0 Å². The molecular weight excluding hydrogens is 204 g/mol. The molecular formula is C12H24N2O2. The van der Waals surface area contributed by atoms with Crippen LogP contribution in [0.3, 0.4) is 0 Å². The highest BCUT2D eigenvalue weighted by Crippen LogP contribution is 2.02. The first kappa shape index (κ1) is 13.5. The fourth-order valence-electron chi connectivity index (χ4n) is 1.87. The molecule has 4 heteroatoms. The number of ether oxygens (including phenoxy) is 1. The van der Waals surface area contributed by atoms with Crippen molar-refractivity contribution in [2.45, 2.75) is 39.2 Å². The smallest absolute Gasteiger partial charge is 0.320 e. The zero-order valence-electron chi connectivity index (χ0n) is 10.5. The number of nitrogens with zero attached hydrogens (tertiary/aromatic N) is 1. The van der Waals surface area contributed by atoms with Gasteiger partial charge in [0, 0.05) is 25.7 Å². The average molecular weight is 228 g/mol. The van der Waals surface area contributed by atoms with Crippen LogP contribution in [0.4, 0.5) is 0 Å². The van der Waals surface area contributed by atoms with E-state index >= 15 is 0 Å². The Labute approximate surface area is 98.3 Å². The molecule has 0 saturated carbocycles. The van der Waals surface area contributed by atoms with E-state index in [2.05, 4.69) is 24.1 Å². The maximum absolute atomic E-state index is 11.5. The predicted octanol–water partition coefficient (Wildman–Crippen LogP) is 1.01. The molecule has 1 saturated heterocycles. The lowest BCUT2D eigenvalue weighted by atomic mass is 10.2. The van der Waals surface area contributed by atoms with Crippen molar-refractivity contribution >= 4 is 5.97 Å². The van der Waals surface area contributed by atoms with E-state index in [4.69, 9.17) is 4.74 Å². The van der Waals surface area contributed by atoms with Crippen molar-refractivity contribution in [1.29, 1.82) is 0 Å². The molecule has 16 heavy (non-hydrogen) atoms. The molecule has 1 aliphatic rings. The topological polar surface area (TPSA) is 41.6 Å². The number of rotatable bonds is 6. The highest BCUT2D eigenvalue weighted by molar-refractivity contribution is 5.71. The average Bonchev–Trinajstić information content (AvgIpc) is 2.28. The van der Waals surface area contributed by atoms with Crippen LogP contribution in [-0.2, 0) is 9.53 Å². The van der Waals surface area contributed by atoms with Crippen molar-refractivity contribution in [3.8, 4) is 0 Å². The molecule has 0 bridgehead atoms. The van der Waals surface area contributed by atoms with Gasteiger partial charge in [0.25, 0.3) is 0 Å². The van der Waals surface area contributed by atoms with Gasteiger partial charge in [-0.1, -0.05) is 19.8 Å². The molecule has 1 N–H and O–H groups in total. The number of unbranched alkanes of at least 4 members (excludes halogenated alkanes) is 2. The van der Waals surface area contributed by atoms with Gasteiger partial charge < -0.3 is 10.1 Å². The monoisotopic (exact) mass is 228 g/mol. The largest absolute Gasteiger partial charge is 0.465 e. The summed E-state index contributed by atoms with van der Waals surface area (Å²) in [6.07, 6.45) is 3.28. The van der Waals surface area contributed by atoms with Gasteiger partial charge in [0.05, 0.1) is 13.2 Å². The summed E-state index contributed by atoms with van der Waals surface area (Å²) in [5.41, 5.74) is 0. The lowest BCUT2D eigenvalue weighted by Crippen LogP contribution is -2.51. The molecule has 1 aliphatic heterocycles. The van der Waals surface area contributed by atoms with Crippen LogP contribution in [0.25, 0.3) is 0 Å². The molecule has 94 valence electrons. The molecule has 0 amide bonds. The predicted molar refractivity (Wildman–Crippen MR) is 64.4 cm³/mol. The Morgan fingerprint density at radius 3 is 3.00 bits per heavy atom. The second kappa shape index (κ2) is 7.63. The maximum atomic E-state index is 11.5. The Morgan fingerprint density at radius 1 is 1.50 bits per heavy atom. The fraction of sp³-hybridized carbons (Fsp3) is 0.917. The van der Waals surface area contributed by atoms with Gasteiger partial charge in [-0.05, 0) is 13.3 Å². The minimum Gasteiger partial charge on any atom is -0.465 e. The van der Waals surface area contributed by atoms with Gasteiger partial charge in [0.1, 0.15) is 0 Å². The summed E-state index contributed by atoms with van der Waals surface area (Å²) in [7, 11) is 0. The minimum absolute atomic E-state index is 0.0788. The maximum Gasteiger partial charge on any atom is 0.320 e. The van der Waals surface area contributed by atoms with Crippen LogP contribution in [0.15, 0.2) is 0 Å². The molecule has 0 spiro atoms. The molecule has 4 nitrogen and oxygen atoms in total. The second-order valence-electron chi connectivity index (χ2n) is 4.45. The number of hydrogen-bond donors (Lipinski definition) is 1. The van der Waals surface area contributed by atoms with E-state index in [1.807, 2.05) is 0 Å². The van der Waals surface area contributed by atoms with Crippen molar-refractivity contribution in [3.63, 3.8) is 0 Å². The molecule has 0 unspecified atom stereocenters. The normalized spacial score (nSPS) is 22.0. The summed E-state index contributed by atoms with van der Waals surface area (Å²) >= 11 is 0. The third-order valence-corrected chi connectivity index (χ3v) is 2.98. The van der Waals surface area contributed by atoms with Crippen LogP contribution in [0.5, 0.6) is 0 Å². The third-order valence-electron chi connectivity index (χ3n) is 2.98. The van der Waals surface area contributed by atoms with Crippen LogP contribution >= 0.6 is 0 Å². The third kappa shape index (κ3) is 4.94. The molecule has 1 rings (SSSR count). The first-order chi connectivity index (χ1) is 7.74. The summed E-state index contributed by atoms with van der Waals surface area (Å²) < 4.78 is 5.19. The number of esters is 1. The molecule has 1 fully saturated rings. The fourth-order valence-corrected chi connectivity index (χ4v) is 1.87. The lowest BCUT2D eigenvalue weighted by Gasteiger charge is -2.32. The highest BCUT2D eigenvalue weighted by Gasteiger charge is 2.20. The summed E-state index contributed by atoms with van der Waals surface area (Å²) in [6, 6.07) is 0.428. The zero-order chi connectivity index (χ0) is 11.8. The molecule has 0 aromatic heterocycles. The van der Waals surface area contributed by atoms with E-state index in [0.29, 0.717) is 19.2 Å². The van der Waals surface area contributed by atoms with Crippen LogP contribution < -0.4 is 5.32 Å². The lowest BCUT2D eigenvalue weighted by molar-refractivity contribution is -0.145. The van der Waals surface area contributed by atoms with Crippen molar-refractivity contribution < 1.29 is 9.53 Å². The standard InChI is InChI=1S/C12H24N2O2/c1-3-4-5-8-16-12(15)10-14-7-6-13-9-11(14)2/h11,13H,3-10H2,1-2H3/t11-/m1/s1. The summed E-state index contributed by atoms with van der Waals surface area (Å²) in [6.45, 7) is 8.16. The Morgan fingerprint density at radius 2 is 2.31 bits per heavy atom. The molecule has 0 aromatic carbocycles. The summed E-state index contributed by atoms with van der Waals surface area (Å²) in [5.74, 6) is -0.0788. The Bertz CT molecular complexity index is 209. The Balaban J connectivity index is 2.12. The van der Waals surface area contributed by atoms with E-state index in [1.165, 1.54) is 0 Å².